The topological polar surface area (TPSA) is 58.9 Å². The molecule has 146 valence electrons. The molecule has 0 aliphatic carbocycles. The summed E-state index contributed by atoms with van der Waals surface area (Å²) < 4.78 is 11.6. The van der Waals surface area contributed by atoms with Crippen LogP contribution in [-0.4, -0.2) is 38.7 Å². The van der Waals surface area contributed by atoms with Crippen molar-refractivity contribution in [2.75, 3.05) is 12.5 Å². The molecule has 2 unspecified atom stereocenters. The maximum absolute atomic E-state index is 10.7. The first-order chi connectivity index (χ1) is 13.4. The van der Waals surface area contributed by atoms with Crippen LogP contribution in [0.15, 0.2) is 84.9 Å². The molecule has 0 spiro atoms. The van der Waals surface area contributed by atoms with Gasteiger partial charge in [0.1, 0.15) is 24.0 Å². The third-order valence-electron chi connectivity index (χ3n) is 4.65. The first-order valence-electron chi connectivity index (χ1n) is 9.28. The molecular weight excluding hydrogens is 384 g/mol. The second-order valence-corrected chi connectivity index (χ2v) is 14.2. The molecule has 3 rings (SSSR count). The van der Waals surface area contributed by atoms with Gasteiger partial charge in [0, 0.05) is 0 Å². The third-order valence-corrected chi connectivity index (χ3v) is 9.22. The van der Waals surface area contributed by atoms with E-state index in [1.54, 1.807) is 0 Å². The van der Waals surface area contributed by atoms with E-state index in [0.29, 0.717) is 11.5 Å². The molecule has 0 bridgehead atoms. The molecule has 0 radical (unpaired) electrons. The van der Waals surface area contributed by atoms with E-state index < -0.39 is 16.6 Å². The minimum atomic E-state index is -2.63. The smallest absolute Gasteiger partial charge is 0.255 e. The van der Waals surface area contributed by atoms with Gasteiger partial charge in [0.2, 0.25) is 0 Å². The minimum Gasteiger partial charge on any atom is -0.494 e. The van der Waals surface area contributed by atoms with E-state index in [1.165, 1.54) is 0 Å². The average molecular weight is 411 g/mol. The summed E-state index contributed by atoms with van der Waals surface area (Å²) in [6, 6.07) is 26.6. The van der Waals surface area contributed by atoms with Crippen molar-refractivity contribution in [1.29, 1.82) is 0 Å². The van der Waals surface area contributed by atoms with E-state index in [1.807, 2.05) is 98.0 Å². The van der Waals surface area contributed by atoms with E-state index in [-0.39, 0.29) is 12.5 Å². The quantitative estimate of drug-likeness (QED) is 0.560. The molecule has 0 aromatic heterocycles. The summed E-state index contributed by atoms with van der Waals surface area (Å²) in [5.41, 5.74) is 0. The van der Waals surface area contributed by atoms with Crippen LogP contribution >= 0.6 is 0 Å². The van der Waals surface area contributed by atoms with Crippen molar-refractivity contribution in [3.63, 3.8) is 0 Å². The van der Waals surface area contributed by atoms with Crippen LogP contribution in [0.5, 0.6) is 11.5 Å². The Kier molecular flexibility index (Phi) is 6.36. The Labute approximate surface area is 168 Å². The summed E-state index contributed by atoms with van der Waals surface area (Å²) in [5, 5.41) is 1.89. The van der Waals surface area contributed by atoms with E-state index in [2.05, 4.69) is 0 Å². The maximum atomic E-state index is 10.7. The van der Waals surface area contributed by atoms with Crippen molar-refractivity contribution in [3.05, 3.63) is 84.9 Å². The van der Waals surface area contributed by atoms with Gasteiger partial charge in [-0.2, -0.15) is 0 Å². The van der Waals surface area contributed by atoms with E-state index in [9.17, 15) is 9.59 Å². The van der Waals surface area contributed by atoms with Gasteiger partial charge in [0.15, 0.2) is 0 Å². The highest BCUT2D eigenvalue weighted by Gasteiger charge is 2.29. The van der Waals surface area contributed by atoms with Gasteiger partial charge in [0.05, 0.1) is 0 Å². The Morgan fingerprint density at radius 2 is 0.893 bits per heavy atom. The monoisotopic (exact) mass is 410 g/mol. The first kappa shape index (κ1) is 20.4. The van der Waals surface area contributed by atoms with E-state index in [0.717, 1.165) is 10.4 Å². The number of rotatable bonds is 8. The van der Waals surface area contributed by atoms with Crippen molar-refractivity contribution < 1.29 is 19.1 Å². The Morgan fingerprint density at radius 1 is 0.571 bits per heavy atom. The van der Waals surface area contributed by atoms with Crippen LogP contribution in [0.1, 0.15) is 0 Å². The standard InChI is InChI=1S/C22H26O4Si2/c1-27(23,21-9-5-3-6-10-21)17-25-19-13-15-20(16-14-19)26-18-28(2,24)22-11-7-4-8-12-22/h3-16,23-24H,17-18H2,1-2H3. The van der Waals surface area contributed by atoms with Crippen molar-refractivity contribution in [1.82, 2.24) is 0 Å². The van der Waals surface area contributed by atoms with Gasteiger partial charge < -0.3 is 19.1 Å². The van der Waals surface area contributed by atoms with E-state index in [4.69, 9.17) is 9.47 Å². The van der Waals surface area contributed by atoms with Crippen LogP contribution in [-0.2, 0) is 0 Å². The Balaban J connectivity index is 1.55. The summed E-state index contributed by atoms with van der Waals surface area (Å²) >= 11 is 0. The molecule has 3 aromatic carbocycles. The van der Waals surface area contributed by atoms with Gasteiger partial charge in [-0.3, -0.25) is 0 Å². The first-order valence-corrected chi connectivity index (χ1v) is 14.6. The van der Waals surface area contributed by atoms with Crippen LogP contribution in [0, 0.1) is 0 Å². The SMILES string of the molecule is C[Si](O)(COc1ccc(OC[Si](C)(O)c2ccccc2)cc1)c1ccccc1. The summed E-state index contributed by atoms with van der Waals surface area (Å²) in [6.45, 7) is 3.74. The lowest BCUT2D eigenvalue weighted by Gasteiger charge is -2.22. The lowest BCUT2D eigenvalue weighted by Crippen LogP contribution is -2.50. The molecule has 0 amide bonds. The van der Waals surface area contributed by atoms with Crippen LogP contribution < -0.4 is 19.8 Å². The highest BCUT2D eigenvalue weighted by molar-refractivity contribution is 6.84. The van der Waals surface area contributed by atoms with Crippen LogP contribution in [0.2, 0.25) is 13.1 Å². The zero-order chi connectivity index (χ0) is 20.0. The molecule has 4 nitrogen and oxygen atoms in total. The predicted octanol–water partition coefficient (Wildman–Crippen LogP) is 2.47. The molecule has 0 saturated heterocycles. The van der Waals surface area contributed by atoms with Gasteiger partial charge in [-0.15, -0.1) is 0 Å². The van der Waals surface area contributed by atoms with Crippen molar-refractivity contribution >= 4 is 27.0 Å². The summed E-state index contributed by atoms with van der Waals surface area (Å²) in [7, 11) is -5.27. The van der Waals surface area contributed by atoms with Crippen molar-refractivity contribution in [3.8, 4) is 11.5 Å². The Hall–Kier alpha value is -2.39. The fourth-order valence-electron chi connectivity index (χ4n) is 2.84. The number of benzene rings is 3. The number of hydrogen-bond donors (Lipinski definition) is 2. The second-order valence-electron chi connectivity index (χ2n) is 7.33. The van der Waals surface area contributed by atoms with E-state index >= 15 is 0 Å². The zero-order valence-electron chi connectivity index (χ0n) is 16.2. The largest absolute Gasteiger partial charge is 0.494 e. The molecular formula is C22H26O4Si2. The molecule has 3 aromatic rings. The summed E-state index contributed by atoms with van der Waals surface area (Å²) in [6.07, 6.45) is 0.569. The number of ether oxygens (including phenoxy) is 2. The minimum absolute atomic E-state index is 0.285. The van der Waals surface area contributed by atoms with Gasteiger partial charge in [-0.25, -0.2) is 0 Å². The highest BCUT2D eigenvalue weighted by Crippen LogP contribution is 2.19. The van der Waals surface area contributed by atoms with Gasteiger partial charge in [0.25, 0.3) is 16.6 Å². The van der Waals surface area contributed by atoms with Crippen molar-refractivity contribution in [2.24, 2.45) is 0 Å². The average Bonchev–Trinajstić information content (AvgIpc) is 2.73. The summed E-state index contributed by atoms with van der Waals surface area (Å²) in [4.78, 5) is 21.5. The normalized spacial score (nSPS) is 15.3. The molecule has 0 fully saturated rings. The van der Waals surface area contributed by atoms with Crippen LogP contribution in [0.25, 0.3) is 0 Å². The zero-order valence-corrected chi connectivity index (χ0v) is 18.2. The molecule has 0 aliphatic heterocycles. The molecule has 2 N–H and O–H groups in total. The molecule has 2 atom stereocenters. The van der Waals surface area contributed by atoms with Crippen molar-refractivity contribution in [2.45, 2.75) is 13.1 Å². The van der Waals surface area contributed by atoms with Gasteiger partial charge in [-0.05, 0) is 47.7 Å². The van der Waals surface area contributed by atoms with Crippen LogP contribution in [0.4, 0.5) is 0 Å². The molecule has 28 heavy (non-hydrogen) atoms. The van der Waals surface area contributed by atoms with Gasteiger partial charge in [-0.1, -0.05) is 60.7 Å². The molecule has 0 heterocycles. The molecule has 0 aliphatic rings. The molecule has 0 saturated carbocycles. The third kappa shape index (κ3) is 5.33. The fraction of sp³-hybridized carbons (Fsp3) is 0.182. The summed E-state index contributed by atoms with van der Waals surface area (Å²) in [5.74, 6) is 1.37. The Morgan fingerprint density at radius 3 is 1.21 bits per heavy atom. The number of hydrogen-bond acceptors (Lipinski definition) is 4. The fourth-order valence-corrected chi connectivity index (χ4v) is 5.89. The maximum Gasteiger partial charge on any atom is 0.255 e. The lowest BCUT2D eigenvalue weighted by atomic mass is 10.3. The lowest BCUT2D eigenvalue weighted by molar-refractivity contribution is 0.344. The molecule has 6 heteroatoms. The second kappa shape index (κ2) is 8.75. The Bertz CT molecular complexity index is 792. The van der Waals surface area contributed by atoms with Gasteiger partial charge >= 0.3 is 0 Å². The predicted molar refractivity (Wildman–Crippen MR) is 117 cm³/mol. The highest BCUT2D eigenvalue weighted by atomic mass is 28.4. The van der Waals surface area contributed by atoms with Crippen LogP contribution in [0.3, 0.4) is 0 Å².